The highest BCUT2D eigenvalue weighted by Gasteiger charge is 2.51. The van der Waals surface area contributed by atoms with Gasteiger partial charge in [0.25, 0.3) is 11.8 Å². The number of aliphatic hydroxyl groups is 1. The molecule has 2 heterocycles. The number of nitrogens with zero attached hydrogens (tertiary/aromatic N) is 3. The smallest absolute Gasteiger partial charge is 0.268 e. The molecule has 1 saturated heterocycles. The van der Waals surface area contributed by atoms with Crippen LogP contribution in [0.2, 0.25) is 0 Å². The second-order valence-corrected chi connectivity index (χ2v) is 7.10. The van der Waals surface area contributed by atoms with Crippen LogP contribution in [0, 0.1) is 6.92 Å². The van der Waals surface area contributed by atoms with E-state index in [0.29, 0.717) is 12.2 Å². The van der Waals surface area contributed by atoms with Gasteiger partial charge in [0.05, 0.1) is 0 Å². The normalized spacial score (nSPS) is 18.8. The SMILES string of the molecule is Cc1nccn1-c1cccc(CNC(=O)[C@@]2(O)CCN(c3ccccc3)C2=O)c1. The minimum atomic E-state index is -2.05. The van der Waals surface area contributed by atoms with Crippen LogP contribution in [-0.4, -0.2) is 38.6 Å². The molecule has 0 saturated carbocycles. The van der Waals surface area contributed by atoms with Gasteiger partial charge in [0, 0.05) is 43.3 Å². The van der Waals surface area contributed by atoms with Crippen LogP contribution in [0.1, 0.15) is 17.8 Å². The number of hydrogen-bond acceptors (Lipinski definition) is 4. The number of anilines is 1. The lowest BCUT2D eigenvalue weighted by Gasteiger charge is -2.22. The zero-order chi connectivity index (χ0) is 20.4. The minimum Gasteiger partial charge on any atom is -0.372 e. The first-order valence-corrected chi connectivity index (χ1v) is 9.46. The average Bonchev–Trinajstić information content (AvgIpc) is 3.31. The van der Waals surface area contributed by atoms with Crippen molar-refractivity contribution in [3.8, 4) is 5.69 Å². The number of aromatic nitrogens is 2. The fraction of sp³-hybridized carbons (Fsp3) is 0.227. The molecular weight excluding hydrogens is 368 g/mol. The summed E-state index contributed by atoms with van der Waals surface area (Å²) in [5.41, 5.74) is 0.411. The monoisotopic (exact) mass is 390 g/mol. The zero-order valence-electron chi connectivity index (χ0n) is 16.1. The number of hydrogen-bond donors (Lipinski definition) is 2. The molecule has 0 bridgehead atoms. The minimum absolute atomic E-state index is 0.0564. The first-order valence-electron chi connectivity index (χ1n) is 9.46. The van der Waals surface area contributed by atoms with Gasteiger partial charge >= 0.3 is 0 Å². The predicted octanol–water partition coefficient (Wildman–Crippen LogP) is 1.96. The summed E-state index contributed by atoms with van der Waals surface area (Å²) < 4.78 is 1.94. The number of aryl methyl sites for hydroxylation is 1. The van der Waals surface area contributed by atoms with E-state index in [1.807, 2.05) is 60.2 Å². The molecule has 1 aromatic heterocycles. The van der Waals surface area contributed by atoms with Crippen molar-refractivity contribution in [3.05, 3.63) is 78.4 Å². The standard InChI is InChI=1S/C22H22N4O3/c1-16-23-11-13-25(16)19-9-5-6-17(14-19)15-24-20(27)22(29)10-12-26(21(22)28)18-7-3-2-4-8-18/h2-9,11,13-14,29H,10,12,15H2,1H3,(H,24,27)/t22-/m0/s1. The summed E-state index contributed by atoms with van der Waals surface area (Å²) in [6.45, 7) is 2.41. The molecular formula is C22H22N4O3. The van der Waals surface area contributed by atoms with Gasteiger partial charge < -0.3 is 19.9 Å². The molecule has 1 atom stereocenters. The van der Waals surface area contributed by atoms with E-state index in [-0.39, 0.29) is 13.0 Å². The van der Waals surface area contributed by atoms with Gasteiger partial charge in [-0.3, -0.25) is 9.59 Å². The van der Waals surface area contributed by atoms with Crippen LogP contribution in [0.25, 0.3) is 5.69 Å². The van der Waals surface area contributed by atoms with Crippen LogP contribution < -0.4 is 10.2 Å². The van der Waals surface area contributed by atoms with E-state index in [1.54, 1.807) is 18.3 Å². The summed E-state index contributed by atoms with van der Waals surface area (Å²) in [7, 11) is 0. The second-order valence-electron chi connectivity index (χ2n) is 7.10. The Morgan fingerprint density at radius 2 is 1.93 bits per heavy atom. The Morgan fingerprint density at radius 1 is 1.17 bits per heavy atom. The third kappa shape index (κ3) is 3.52. The van der Waals surface area contributed by atoms with Crippen molar-refractivity contribution in [3.63, 3.8) is 0 Å². The third-order valence-electron chi connectivity index (χ3n) is 5.21. The summed E-state index contributed by atoms with van der Waals surface area (Å²) in [5.74, 6) is -0.410. The van der Waals surface area contributed by atoms with Gasteiger partial charge in [-0.05, 0) is 36.8 Å². The molecule has 1 aliphatic rings. The van der Waals surface area contributed by atoms with Gasteiger partial charge in [0.1, 0.15) is 5.82 Å². The van der Waals surface area contributed by atoms with Crippen molar-refractivity contribution in [2.75, 3.05) is 11.4 Å². The van der Waals surface area contributed by atoms with Crippen LogP contribution in [0.5, 0.6) is 0 Å². The van der Waals surface area contributed by atoms with Crippen LogP contribution in [0.4, 0.5) is 5.69 Å². The van der Waals surface area contributed by atoms with Crippen LogP contribution in [0.3, 0.4) is 0 Å². The molecule has 29 heavy (non-hydrogen) atoms. The topological polar surface area (TPSA) is 87.5 Å². The molecule has 0 radical (unpaired) electrons. The fourth-order valence-corrected chi connectivity index (χ4v) is 3.57. The first kappa shape index (κ1) is 18.9. The van der Waals surface area contributed by atoms with Crippen LogP contribution in [0.15, 0.2) is 67.0 Å². The molecule has 4 rings (SSSR count). The maximum absolute atomic E-state index is 12.7. The largest absolute Gasteiger partial charge is 0.372 e. The van der Waals surface area contributed by atoms with Crippen molar-refractivity contribution in [1.29, 1.82) is 0 Å². The predicted molar refractivity (Wildman–Crippen MR) is 109 cm³/mol. The highest BCUT2D eigenvalue weighted by atomic mass is 16.3. The highest BCUT2D eigenvalue weighted by molar-refractivity contribution is 6.16. The molecule has 3 aromatic rings. The summed E-state index contributed by atoms with van der Waals surface area (Å²) in [5, 5.41) is 13.5. The second kappa shape index (κ2) is 7.52. The summed E-state index contributed by atoms with van der Waals surface area (Å²) >= 11 is 0. The van der Waals surface area contributed by atoms with Gasteiger partial charge in [-0.1, -0.05) is 30.3 Å². The van der Waals surface area contributed by atoms with Gasteiger partial charge in [0.2, 0.25) is 5.60 Å². The van der Waals surface area contributed by atoms with Crippen molar-refractivity contribution >= 4 is 17.5 Å². The molecule has 7 nitrogen and oxygen atoms in total. The maximum atomic E-state index is 12.7. The Morgan fingerprint density at radius 3 is 2.66 bits per heavy atom. The third-order valence-corrected chi connectivity index (χ3v) is 5.21. The van der Waals surface area contributed by atoms with Crippen molar-refractivity contribution in [2.24, 2.45) is 0 Å². The molecule has 2 aromatic carbocycles. The number of imidazole rings is 1. The lowest BCUT2D eigenvalue weighted by Crippen LogP contribution is -2.52. The van der Waals surface area contributed by atoms with Gasteiger partial charge in [-0.25, -0.2) is 4.98 Å². The molecule has 1 fully saturated rings. The Labute approximate surface area is 168 Å². The van der Waals surface area contributed by atoms with Crippen LogP contribution in [-0.2, 0) is 16.1 Å². The van der Waals surface area contributed by atoms with Crippen molar-refractivity contribution in [1.82, 2.24) is 14.9 Å². The first-order chi connectivity index (χ1) is 14.0. The van der Waals surface area contributed by atoms with Gasteiger partial charge in [-0.2, -0.15) is 0 Å². The van der Waals surface area contributed by atoms with E-state index in [4.69, 9.17) is 0 Å². The zero-order valence-corrected chi connectivity index (χ0v) is 16.1. The van der Waals surface area contributed by atoms with Crippen molar-refractivity contribution < 1.29 is 14.7 Å². The Kier molecular flexibility index (Phi) is 4.90. The molecule has 0 aliphatic carbocycles. The molecule has 2 N–H and O–H groups in total. The Bertz CT molecular complexity index is 1050. The van der Waals surface area contributed by atoms with E-state index >= 15 is 0 Å². The number of benzene rings is 2. The highest BCUT2D eigenvalue weighted by Crippen LogP contribution is 2.28. The molecule has 1 aliphatic heterocycles. The quantitative estimate of drug-likeness (QED) is 0.652. The number of carbonyl (C=O) groups is 2. The summed E-state index contributed by atoms with van der Waals surface area (Å²) in [6.07, 6.45) is 3.65. The van der Waals surface area contributed by atoms with Crippen LogP contribution >= 0.6 is 0 Å². The van der Waals surface area contributed by atoms with Gasteiger partial charge in [0.15, 0.2) is 0 Å². The lowest BCUT2D eigenvalue weighted by atomic mass is 10.0. The van der Waals surface area contributed by atoms with Gasteiger partial charge in [-0.15, -0.1) is 0 Å². The lowest BCUT2D eigenvalue weighted by molar-refractivity contribution is -0.149. The average molecular weight is 390 g/mol. The summed E-state index contributed by atoms with van der Waals surface area (Å²) in [4.78, 5) is 31.1. The van der Waals surface area contributed by atoms with E-state index in [0.717, 1.165) is 17.1 Å². The number of rotatable bonds is 5. The number of nitrogens with one attached hydrogen (secondary N) is 1. The Hall–Kier alpha value is -3.45. The summed E-state index contributed by atoms with van der Waals surface area (Å²) in [6, 6.07) is 16.7. The molecule has 7 heteroatoms. The van der Waals surface area contributed by atoms with E-state index in [9.17, 15) is 14.7 Å². The molecule has 0 spiro atoms. The Balaban J connectivity index is 1.45. The van der Waals surface area contributed by atoms with E-state index < -0.39 is 17.4 Å². The van der Waals surface area contributed by atoms with Crippen molar-refractivity contribution in [2.45, 2.75) is 25.5 Å². The van der Waals surface area contributed by atoms with E-state index in [2.05, 4.69) is 10.3 Å². The molecule has 148 valence electrons. The molecule has 2 amide bonds. The number of amides is 2. The number of carbonyl (C=O) groups excluding carboxylic acids is 2. The maximum Gasteiger partial charge on any atom is 0.268 e. The molecule has 0 unspecified atom stereocenters. The fourth-order valence-electron chi connectivity index (χ4n) is 3.57. The van der Waals surface area contributed by atoms with E-state index in [1.165, 1.54) is 4.90 Å². The number of para-hydroxylation sites is 1.